The Hall–Kier alpha value is -1.78. The minimum Gasteiger partial charge on any atom is -0.481 e. The van der Waals surface area contributed by atoms with Gasteiger partial charge in [-0.05, 0) is 18.8 Å². The lowest BCUT2D eigenvalue weighted by Crippen LogP contribution is -2.44. The highest BCUT2D eigenvalue weighted by molar-refractivity contribution is 5.93. The van der Waals surface area contributed by atoms with Gasteiger partial charge in [0, 0.05) is 19.6 Å². The fourth-order valence-electron chi connectivity index (χ4n) is 2.35. The van der Waals surface area contributed by atoms with Crippen molar-refractivity contribution in [3.63, 3.8) is 0 Å². The van der Waals surface area contributed by atoms with Gasteiger partial charge in [-0.15, -0.1) is 6.58 Å². The maximum Gasteiger partial charge on any atom is 0.305 e. The number of carboxylic acids is 1. The largest absolute Gasteiger partial charge is 0.481 e. The van der Waals surface area contributed by atoms with Gasteiger partial charge in [0.1, 0.15) is 0 Å². The molecule has 0 aromatic heterocycles. The van der Waals surface area contributed by atoms with Gasteiger partial charge in [0.25, 0.3) is 5.91 Å². The average molecular weight is 266 g/mol. The van der Waals surface area contributed by atoms with Crippen LogP contribution in [0.15, 0.2) is 24.4 Å². The molecule has 19 heavy (non-hydrogen) atoms. The molecule has 0 fully saturated rings. The van der Waals surface area contributed by atoms with E-state index in [9.17, 15) is 9.59 Å². The van der Waals surface area contributed by atoms with Gasteiger partial charge in [-0.25, -0.2) is 0 Å². The van der Waals surface area contributed by atoms with E-state index in [1.165, 1.54) is 0 Å². The van der Waals surface area contributed by atoms with Crippen molar-refractivity contribution in [1.29, 1.82) is 0 Å². The van der Waals surface area contributed by atoms with E-state index >= 15 is 0 Å². The molecule has 0 saturated carbocycles. The Bertz CT molecular complexity index is 390. The predicted octanol–water partition coefficient (Wildman–Crippen LogP) is 1.38. The summed E-state index contributed by atoms with van der Waals surface area (Å²) in [6.45, 7) is 6.06. The van der Waals surface area contributed by atoms with Crippen LogP contribution in [0.1, 0.15) is 26.2 Å². The second kappa shape index (κ2) is 6.97. The number of hydrogen-bond donors (Lipinski definition) is 2. The average Bonchev–Trinajstić information content (AvgIpc) is 2.33. The van der Waals surface area contributed by atoms with E-state index in [0.29, 0.717) is 11.6 Å². The number of likely N-dealkylation sites (N-methyl/N-ethyl adjacent to an activating group) is 1. The van der Waals surface area contributed by atoms with Gasteiger partial charge in [-0.3, -0.25) is 9.59 Å². The molecule has 2 atom stereocenters. The summed E-state index contributed by atoms with van der Waals surface area (Å²) in [6, 6.07) is 0.266. The minimum atomic E-state index is -0.913. The summed E-state index contributed by atoms with van der Waals surface area (Å²) in [5.41, 5.74) is 0.621. The second-order valence-corrected chi connectivity index (χ2v) is 4.90. The number of amides is 1. The molecule has 1 rings (SSSR count). The van der Waals surface area contributed by atoms with E-state index in [-0.39, 0.29) is 24.9 Å². The number of aliphatic carboxylic acids is 1. The quantitative estimate of drug-likeness (QED) is 0.713. The van der Waals surface area contributed by atoms with Crippen LogP contribution < -0.4 is 5.32 Å². The molecular formula is C14H22N2O3. The number of rotatable bonds is 6. The number of carboxylic acid groups (broad SMARTS) is 1. The first-order valence-electron chi connectivity index (χ1n) is 6.51. The van der Waals surface area contributed by atoms with Crippen LogP contribution in [-0.4, -0.2) is 41.5 Å². The molecule has 0 spiro atoms. The Kier molecular flexibility index (Phi) is 5.60. The zero-order chi connectivity index (χ0) is 14.4. The Morgan fingerprint density at radius 2 is 2.32 bits per heavy atom. The molecule has 0 bridgehead atoms. The van der Waals surface area contributed by atoms with Gasteiger partial charge in [0.05, 0.1) is 12.1 Å². The Morgan fingerprint density at radius 3 is 2.89 bits per heavy atom. The van der Waals surface area contributed by atoms with Crippen molar-refractivity contribution in [3.8, 4) is 0 Å². The lowest BCUT2D eigenvalue weighted by Gasteiger charge is -2.38. The van der Waals surface area contributed by atoms with Crippen LogP contribution in [0.3, 0.4) is 0 Å². The fraction of sp³-hybridized carbons (Fsp3) is 0.571. The van der Waals surface area contributed by atoms with Gasteiger partial charge in [0.2, 0.25) is 0 Å². The smallest absolute Gasteiger partial charge is 0.305 e. The van der Waals surface area contributed by atoms with Gasteiger partial charge in [-0.1, -0.05) is 19.1 Å². The fourth-order valence-corrected chi connectivity index (χ4v) is 2.35. The van der Waals surface area contributed by atoms with Gasteiger partial charge in [-0.2, -0.15) is 0 Å². The van der Waals surface area contributed by atoms with Crippen molar-refractivity contribution in [2.75, 3.05) is 13.6 Å². The Labute approximate surface area is 114 Å². The van der Waals surface area contributed by atoms with Crippen LogP contribution in [0.2, 0.25) is 0 Å². The van der Waals surface area contributed by atoms with Crippen LogP contribution in [0.5, 0.6) is 0 Å². The number of carbonyl (C=O) groups is 2. The standard InChI is InChI=1S/C14H22N2O3/c1-4-5-11-10(2)6-7-12(16(11)3)14(19)15-9-8-13(17)18/h4,7,10-11H,1,5-6,8-9H2,2-3H3,(H,15,19)(H,17,18)/t10?,11-/m1/s1. The highest BCUT2D eigenvalue weighted by atomic mass is 16.4. The number of carbonyl (C=O) groups excluding carboxylic acids is 1. The molecule has 1 heterocycles. The lowest BCUT2D eigenvalue weighted by molar-refractivity contribution is -0.136. The first-order chi connectivity index (χ1) is 8.97. The molecule has 5 nitrogen and oxygen atoms in total. The summed E-state index contributed by atoms with van der Waals surface area (Å²) in [5, 5.41) is 11.2. The number of allylic oxidation sites excluding steroid dienone is 1. The summed E-state index contributed by atoms with van der Waals surface area (Å²) in [6.07, 6.45) is 5.40. The minimum absolute atomic E-state index is 0.0603. The van der Waals surface area contributed by atoms with E-state index in [1.54, 1.807) is 0 Å². The van der Waals surface area contributed by atoms with Gasteiger partial charge in [0.15, 0.2) is 0 Å². The van der Waals surface area contributed by atoms with Crippen molar-refractivity contribution in [3.05, 3.63) is 24.4 Å². The summed E-state index contributed by atoms with van der Waals surface area (Å²) in [5.74, 6) is -0.646. The molecule has 0 saturated heterocycles. The number of hydrogen-bond acceptors (Lipinski definition) is 3. The molecule has 1 aliphatic rings. The Morgan fingerprint density at radius 1 is 1.63 bits per heavy atom. The van der Waals surface area contributed by atoms with Crippen LogP contribution in [0, 0.1) is 5.92 Å². The lowest BCUT2D eigenvalue weighted by atomic mass is 9.90. The number of nitrogens with zero attached hydrogens (tertiary/aromatic N) is 1. The van der Waals surface area contributed by atoms with Crippen LogP contribution >= 0.6 is 0 Å². The third-order valence-corrected chi connectivity index (χ3v) is 3.48. The molecule has 0 aromatic carbocycles. The third-order valence-electron chi connectivity index (χ3n) is 3.48. The zero-order valence-corrected chi connectivity index (χ0v) is 11.6. The van der Waals surface area contributed by atoms with Crippen molar-refractivity contribution in [2.45, 2.75) is 32.2 Å². The third kappa shape index (κ3) is 4.12. The molecule has 0 radical (unpaired) electrons. The van der Waals surface area contributed by atoms with Crippen molar-refractivity contribution in [1.82, 2.24) is 10.2 Å². The van der Waals surface area contributed by atoms with Crippen molar-refractivity contribution < 1.29 is 14.7 Å². The highest BCUT2D eigenvalue weighted by Crippen LogP contribution is 2.27. The first-order valence-corrected chi connectivity index (χ1v) is 6.51. The van der Waals surface area contributed by atoms with E-state index < -0.39 is 5.97 Å². The molecule has 106 valence electrons. The van der Waals surface area contributed by atoms with Gasteiger partial charge < -0.3 is 15.3 Å². The molecule has 2 N–H and O–H groups in total. The van der Waals surface area contributed by atoms with Gasteiger partial charge >= 0.3 is 5.97 Å². The normalized spacial score (nSPS) is 22.6. The van der Waals surface area contributed by atoms with Crippen LogP contribution in [0.4, 0.5) is 0 Å². The van der Waals surface area contributed by atoms with E-state index in [2.05, 4.69) is 18.8 Å². The molecule has 0 aromatic rings. The molecule has 1 amide bonds. The molecule has 5 heteroatoms. The monoisotopic (exact) mass is 266 g/mol. The second-order valence-electron chi connectivity index (χ2n) is 4.90. The van der Waals surface area contributed by atoms with Crippen LogP contribution in [-0.2, 0) is 9.59 Å². The molecule has 1 aliphatic heterocycles. The maximum absolute atomic E-state index is 12.0. The predicted molar refractivity (Wildman–Crippen MR) is 73.5 cm³/mol. The molecule has 1 unspecified atom stereocenters. The maximum atomic E-state index is 12.0. The number of nitrogens with one attached hydrogen (secondary N) is 1. The van der Waals surface area contributed by atoms with Crippen LogP contribution in [0.25, 0.3) is 0 Å². The summed E-state index contributed by atoms with van der Waals surface area (Å²) >= 11 is 0. The molecular weight excluding hydrogens is 244 g/mol. The molecule has 0 aliphatic carbocycles. The zero-order valence-electron chi connectivity index (χ0n) is 11.6. The highest BCUT2D eigenvalue weighted by Gasteiger charge is 2.28. The van der Waals surface area contributed by atoms with E-state index in [4.69, 9.17) is 5.11 Å². The van der Waals surface area contributed by atoms with Crippen molar-refractivity contribution >= 4 is 11.9 Å². The SMILES string of the molecule is C=CC[C@@H]1C(C)CC=C(C(=O)NCCC(=O)O)N1C. The summed E-state index contributed by atoms with van der Waals surface area (Å²) in [7, 11) is 1.90. The summed E-state index contributed by atoms with van der Waals surface area (Å²) in [4.78, 5) is 24.4. The van der Waals surface area contributed by atoms with E-state index in [1.807, 2.05) is 24.1 Å². The summed E-state index contributed by atoms with van der Waals surface area (Å²) < 4.78 is 0. The topological polar surface area (TPSA) is 69.6 Å². The van der Waals surface area contributed by atoms with Crippen molar-refractivity contribution in [2.24, 2.45) is 5.92 Å². The van der Waals surface area contributed by atoms with E-state index in [0.717, 1.165) is 12.8 Å². The first kappa shape index (κ1) is 15.3. The Balaban J connectivity index is 2.63.